The molecule has 1 atom stereocenters. The molecule has 10 heteroatoms. The van der Waals surface area contributed by atoms with Gasteiger partial charge in [0.05, 0.1) is 23.1 Å². The minimum absolute atomic E-state index is 0.0187. The zero-order chi connectivity index (χ0) is 24.8. The van der Waals surface area contributed by atoms with Gasteiger partial charge >= 0.3 is 0 Å². The number of piperidine rings is 1. The molecule has 2 aliphatic heterocycles. The maximum absolute atomic E-state index is 13.1. The summed E-state index contributed by atoms with van der Waals surface area (Å²) in [6, 6.07) is 12.2. The second kappa shape index (κ2) is 11.3. The summed E-state index contributed by atoms with van der Waals surface area (Å²) in [6.07, 6.45) is 2.67. The first kappa shape index (κ1) is 25.3. The highest BCUT2D eigenvalue weighted by atomic mass is 32.2. The van der Waals surface area contributed by atoms with E-state index in [2.05, 4.69) is 10.6 Å². The third-order valence-electron chi connectivity index (χ3n) is 6.42. The molecule has 0 spiro atoms. The number of rotatable bonds is 8. The van der Waals surface area contributed by atoms with E-state index >= 15 is 0 Å². The van der Waals surface area contributed by atoms with E-state index in [9.17, 15) is 22.4 Å². The summed E-state index contributed by atoms with van der Waals surface area (Å²) in [5.74, 6) is -1.51. The summed E-state index contributed by atoms with van der Waals surface area (Å²) >= 11 is 0. The number of halogens is 1. The number of amides is 2. The molecule has 2 amide bonds. The Balaban J connectivity index is 1.31. The molecule has 0 unspecified atom stereocenters. The molecule has 2 fully saturated rings. The van der Waals surface area contributed by atoms with Gasteiger partial charge in [0.1, 0.15) is 5.82 Å². The van der Waals surface area contributed by atoms with E-state index in [1.54, 1.807) is 24.3 Å². The highest BCUT2D eigenvalue weighted by molar-refractivity contribution is 7.88. The molecule has 188 valence electrons. The Hall–Kier alpha value is -2.82. The van der Waals surface area contributed by atoms with Gasteiger partial charge in [0.15, 0.2) is 0 Å². The van der Waals surface area contributed by atoms with Gasteiger partial charge in [-0.15, -0.1) is 0 Å². The average Bonchev–Trinajstić information content (AvgIpc) is 3.38. The number of benzene rings is 2. The molecule has 0 aromatic heterocycles. The van der Waals surface area contributed by atoms with Crippen molar-refractivity contribution in [2.75, 3.05) is 31.6 Å². The molecule has 2 aromatic rings. The number of sulfonamides is 1. The van der Waals surface area contributed by atoms with Crippen molar-refractivity contribution >= 4 is 27.5 Å². The number of para-hydroxylation sites is 1. The van der Waals surface area contributed by atoms with Crippen LogP contribution in [0.4, 0.5) is 10.1 Å². The molecule has 35 heavy (non-hydrogen) atoms. The van der Waals surface area contributed by atoms with Crippen molar-refractivity contribution in [3.8, 4) is 0 Å². The molecular formula is C25H30FN3O5S. The quantitative estimate of drug-likeness (QED) is 0.577. The van der Waals surface area contributed by atoms with E-state index < -0.39 is 15.8 Å². The van der Waals surface area contributed by atoms with Crippen molar-refractivity contribution in [3.63, 3.8) is 0 Å². The van der Waals surface area contributed by atoms with E-state index in [4.69, 9.17) is 4.74 Å². The van der Waals surface area contributed by atoms with E-state index in [1.165, 1.54) is 28.6 Å². The number of nitrogens with one attached hydrogen (secondary N) is 2. The SMILES string of the molecule is O=C(NC[C@@H]1CCCO1)c1ccccc1NC(=O)C1CCN(S(=O)(=O)Cc2ccc(F)cc2)CC1. The number of carbonyl (C=O) groups excluding carboxylic acids is 2. The van der Waals surface area contributed by atoms with Crippen LogP contribution in [0, 0.1) is 11.7 Å². The molecule has 2 aliphatic rings. The van der Waals surface area contributed by atoms with Crippen LogP contribution in [-0.2, 0) is 25.3 Å². The fraction of sp³-hybridized carbons (Fsp3) is 0.440. The number of hydrogen-bond acceptors (Lipinski definition) is 5. The fourth-order valence-corrected chi connectivity index (χ4v) is 5.97. The molecule has 2 N–H and O–H groups in total. The predicted octanol–water partition coefficient (Wildman–Crippen LogP) is 2.92. The normalized spacial score (nSPS) is 19.4. The molecule has 0 radical (unpaired) electrons. The molecule has 0 saturated carbocycles. The van der Waals surface area contributed by atoms with Crippen LogP contribution in [0.2, 0.25) is 0 Å². The summed E-state index contributed by atoms with van der Waals surface area (Å²) < 4.78 is 45.5. The third-order valence-corrected chi connectivity index (χ3v) is 8.27. The van der Waals surface area contributed by atoms with Crippen molar-refractivity contribution < 1.29 is 27.1 Å². The second-order valence-electron chi connectivity index (χ2n) is 8.94. The first-order valence-corrected chi connectivity index (χ1v) is 13.4. The Labute approximate surface area is 204 Å². The Bertz CT molecular complexity index is 1140. The molecule has 0 aliphatic carbocycles. The van der Waals surface area contributed by atoms with Gasteiger partial charge in [-0.3, -0.25) is 9.59 Å². The van der Waals surface area contributed by atoms with Crippen molar-refractivity contribution in [2.45, 2.75) is 37.5 Å². The summed E-state index contributed by atoms with van der Waals surface area (Å²) in [7, 11) is -3.57. The van der Waals surface area contributed by atoms with E-state index in [0.29, 0.717) is 42.8 Å². The summed E-state index contributed by atoms with van der Waals surface area (Å²) in [5, 5.41) is 5.72. The van der Waals surface area contributed by atoms with Crippen LogP contribution in [0.3, 0.4) is 0 Å². The Kier molecular flexibility index (Phi) is 8.15. The van der Waals surface area contributed by atoms with Gasteiger partial charge in [-0.1, -0.05) is 24.3 Å². The lowest BCUT2D eigenvalue weighted by molar-refractivity contribution is -0.120. The van der Waals surface area contributed by atoms with Crippen LogP contribution in [0.5, 0.6) is 0 Å². The first-order chi connectivity index (χ1) is 16.8. The number of nitrogens with zero attached hydrogens (tertiary/aromatic N) is 1. The molecule has 4 rings (SSSR count). The van der Waals surface area contributed by atoms with Crippen molar-refractivity contribution in [1.29, 1.82) is 0 Å². The van der Waals surface area contributed by atoms with Crippen molar-refractivity contribution in [1.82, 2.24) is 9.62 Å². The van der Waals surface area contributed by atoms with Crippen LogP contribution in [0.15, 0.2) is 48.5 Å². The number of carbonyl (C=O) groups is 2. The smallest absolute Gasteiger partial charge is 0.253 e. The Morgan fingerprint density at radius 2 is 1.74 bits per heavy atom. The van der Waals surface area contributed by atoms with Gasteiger partial charge in [0, 0.05) is 32.2 Å². The van der Waals surface area contributed by atoms with Crippen molar-refractivity contribution in [2.24, 2.45) is 5.92 Å². The second-order valence-corrected chi connectivity index (χ2v) is 10.9. The van der Waals surface area contributed by atoms with E-state index in [1.807, 2.05) is 0 Å². The van der Waals surface area contributed by atoms with E-state index in [-0.39, 0.29) is 42.7 Å². The lowest BCUT2D eigenvalue weighted by Gasteiger charge is -2.30. The lowest BCUT2D eigenvalue weighted by atomic mass is 9.97. The molecule has 2 saturated heterocycles. The summed E-state index contributed by atoms with van der Waals surface area (Å²) in [4.78, 5) is 25.6. The third kappa shape index (κ3) is 6.65. The average molecular weight is 504 g/mol. The van der Waals surface area contributed by atoms with Crippen LogP contribution < -0.4 is 10.6 Å². The van der Waals surface area contributed by atoms with Crippen LogP contribution in [0.25, 0.3) is 0 Å². The predicted molar refractivity (Wildman–Crippen MR) is 130 cm³/mol. The zero-order valence-corrected chi connectivity index (χ0v) is 20.2. The van der Waals surface area contributed by atoms with Crippen molar-refractivity contribution in [3.05, 3.63) is 65.5 Å². The number of ether oxygens (including phenoxy) is 1. The van der Waals surface area contributed by atoms with Crippen LogP contribution >= 0.6 is 0 Å². The monoisotopic (exact) mass is 503 g/mol. The highest BCUT2D eigenvalue weighted by Crippen LogP contribution is 2.24. The minimum atomic E-state index is -3.57. The largest absolute Gasteiger partial charge is 0.376 e. The number of anilines is 1. The minimum Gasteiger partial charge on any atom is -0.376 e. The molecule has 0 bridgehead atoms. The molecule has 2 aromatic carbocycles. The van der Waals surface area contributed by atoms with Gasteiger partial charge in [-0.2, -0.15) is 0 Å². The summed E-state index contributed by atoms with van der Waals surface area (Å²) in [5.41, 5.74) is 1.31. The fourth-order valence-electron chi connectivity index (χ4n) is 4.41. The van der Waals surface area contributed by atoms with E-state index in [0.717, 1.165) is 12.8 Å². The molecule has 2 heterocycles. The van der Waals surface area contributed by atoms with Gasteiger partial charge in [-0.25, -0.2) is 17.1 Å². The Morgan fingerprint density at radius 1 is 1.03 bits per heavy atom. The maximum atomic E-state index is 13.1. The van der Waals surface area contributed by atoms with Gasteiger partial charge < -0.3 is 15.4 Å². The van der Waals surface area contributed by atoms with Gasteiger partial charge in [0.2, 0.25) is 15.9 Å². The van der Waals surface area contributed by atoms with Crippen LogP contribution in [-0.4, -0.2) is 56.9 Å². The Morgan fingerprint density at radius 3 is 2.43 bits per heavy atom. The molecule has 8 nitrogen and oxygen atoms in total. The van der Waals surface area contributed by atoms with Gasteiger partial charge in [-0.05, 0) is 55.5 Å². The topological polar surface area (TPSA) is 105 Å². The first-order valence-electron chi connectivity index (χ1n) is 11.8. The maximum Gasteiger partial charge on any atom is 0.253 e. The standard InChI is InChI=1S/C25H30FN3O5S/c26-20-9-7-18(8-10-20)17-35(32,33)29-13-11-19(12-14-29)24(30)28-23-6-2-1-5-22(23)25(31)27-16-21-4-3-15-34-21/h1-2,5-10,19,21H,3-4,11-17H2,(H,27,31)(H,28,30)/t21-/m0/s1. The lowest BCUT2D eigenvalue weighted by Crippen LogP contribution is -2.42. The van der Waals surface area contributed by atoms with Gasteiger partial charge in [0.25, 0.3) is 5.91 Å². The number of hydrogen-bond donors (Lipinski definition) is 2. The molecular weight excluding hydrogens is 473 g/mol. The summed E-state index contributed by atoms with van der Waals surface area (Å²) in [6.45, 7) is 1.59. The highest BCUT2D eigenvalue weighted by Gasteiger charge is 2.31. The zero-order valence-electron chi connectivity index (χ0n) is 19.4. The van der Waals surface area contributed by atoms with Crippen LogP contribution in [0.1, 0.15) is 41.6 Å².